The van der Waals surface area contributed by atoms with Crippen molar-refractivity contribution < 1.29 is 14.7 Å². The molecule has 0 heterocycles. The Morgan fingerprint density at radius 3 is 2.68 bits per heavy atom. The van der Waals surface area contributed by atoms with Crippen LogP contribution in [0.3, 0.4) is 0 Å². The van der Waals surface area contributed by atoms with E-state index in [-0.39, 0.29) is 23.4 Å². The van der Waals surface area contributed by atoms with E-state index in [1.165, 1.54) is 0 Å². The van der Waals surface area contributed by atoms with Gasteiger partial charge >= 0.3 is 5.97 Å². The predicted octanol–water partition coefficient (Wildman–Crippen LogP) is 1.76. The van der Waals surface area contributed by atoms with Crippen LogP contribution in [0.4, 0.5) is 5.69 Å². The highest BCUT2D eigenvalue weighted by molar-refractivity contribution is 6.01. The lowest BCUT2D eigenvalue weighted by molar-refractivity contribution is -0.120. The van der Waals surface area contributed by atoms with Crippen molar-refractivity contribution in [1.29, 1.82) is 0 Å². The molecule has 102 valence electrons. The molecule has 1 aromatic rings. The number of carboxylic acids is 1. The molecule has 0 saturated heterocycles. The number of aromatic carboxylic acids is 1. The Morgan fingerprint density at radius 1 is 1.37 bits per heavy atom. The Balaban J connectivity index is 2.19. The summed E-state index contributed by atoms with van der Waals surface area (Å²) in [6.07, 6.45) is 2.55. The first kappa shape index (κ1) is 13.5. The molecule has 0 bridgehead atoms. The number of carbonyl (C=O) groups is 2. The molecular weight excluding hydrogens is 244 g/mol. The molecule has 0 aromatic heterocycles. The number of aryl methyl sites for hydroxylation is 1. The third-order valence-corrected chi connectivity index (χ3v) is 3.57. The zero-order valence-electron chi connectivity index (χ0n) is 10.8. The maximum atomic E-state index is 12.1. The number of amides is 1. The van der Waals surface area contributed by atoms with E-state index < -0.39 is 5.97 Å². The molecule has 1 aliphatic carbocycles. The van der Waals surface area contributed by atoms with Crippen LogP contribution in [-0.2, 0) is 4.79 Å². The van der Waals surface area contributed by atoms with Crippen molar-refractivity contribution in [2.75, 3.05) is 5.32 Å². The molecule has 5 heteroatoms. The highest BCUT2D eigenvalue weighted by Crippen LogP contribution is 2.26. The Kier molecular flexibility index (Phi) is 3.85. The molecule has 1 aliphatic rings. The molecule has 19 heavy (non-hydrogen) atoms. The average molecular weight is 262 g/mol. The zero-order chi connectivity index (χ0) is 14.0. The van der Waals surface area contributed by atoms with Gasteiger partial charge in [-0.25, -0.2) is 4.79 Å². The molecule has 0 radical (unpaired) electrons. The first-order valence-corrected chi connectivity index (χ1v) is 6.39. The van der Waals surface area contributed by atoms with E-state index in [0.29, 0.717) is 5.69 Å². The highest BCUT2D eigenvalue weighted by Gasteiger charge is 2.30. The summed E-state index contributed by atoms with van der Waals surface area (Å²) < 4.78 is 0. The summed E-state index contributed by atoms with van der Waals surface area (Å²) in [5, 5.41) is 11.8. The van der Waals surface area contributed by atoms with Gasteiger partial charge in [-0.3, -0.25) is 4.79 Å². The monoisotopic (exact) mass is 262 g/mol. The number of benzene rings is 1. The van der Waals surface area contributed by atoms with E-state index in [1.54, 1.807) is 18.2 Å². The van der Waals surface area contributed by atoms with Crippen molar-refractivity contribution in [3.63, 3.8) is 0 Å². The van der Waals surface area contributed by atoms with Gasteiger partial charge in [0.2, 0.25) is 5.91 Å². The average Bonchev–Trinajstić information content (AvgIpc) is 2.77. The van der Waals surface area contributed by atoms with Gasteiger partial charge in [-0.1, -0.05) is 18.1 Å². The maximum absolute atomic E-state index is 12.1. The molecule has 2 rings (SSSR count). The summed E-state index contributed by atoms with van der Waals surface area (Å²) in [6, 6.07) is 4.82. The Morgan fingerprint density at radius 2 is 2.11 bits per heavy atom. The summed E-state index contributed by atoms with van der Waals surface area (Å²) in [6.45, 7) is 1.81. The molecule has 1 fully saturated rings. The van der Waals surface area contributed by atoms with Crippen LogP contribution in [0.5, 0.6) is 0 Å². The SMILES string of the molecule is Cc1ccc(NC(=O)C2CCCC2N)c(C(=O)O)c1. The van der Waals surface area contributed by atoms with Crippen LogP contribution in [0.2, 0.25) is 0 Å². The van der Waals surface area contributed by atoms with Crippen molar-refractivity contribution in [2.24, 2.45) is 11.7 Å². The Hall–Kier alpha value is -1.88. The summed E-state index contributed by atoms with van der Waals surface area (Å²) >= 11 is 0. The van der Waals surface area contributed by atoms with Gasteiger partial charge in [0, 0.05) is 6.04 Å². The highest BCUT2D eigenvalue weighted by atomic mass is 16.4. The fourth-order valence-corrected chi connectivity index (χ4v) is 2.48. The first-order valence-electron chi connectivity index (χ1n) is 6.39. The van der Waals surface area contributed by atoms with Crippen LogP contribution in [0.25, 0.3) is 0 Å². The van der Waals surface area contributed by atoms with Gasteiger partial charge in [-0.05, 0) is 31.9 Å². The molecule has 2 unspecified atom stereocenters. The largest absolute Gasteiger partial charge is 0.478 e. The van der Waals surface area contributed by atoms with E-state index >= 15 is 0 Å². The van der Waals surface area contributed by atoms with Crippen LogP contribution in [-0.4, -0.2) is 23.0 Å². The van der Waals surface area contributed by atoms with Crippen LogP contribution >= 0.6 is 0 Å². The number of hydrogen-bond donors (Lipinski definition) is 3. The number of carboxylic acid groups (broad SMARTS) is 1. The second-order valence-corrected chi connectivity index (χ2v) is 5.04. The minimum absolute atomic E-state index is 0.111. The molecule has 5 nitrogen and oxygen atoms in total. The number of rotatable bonds is 3. The molecule has 0 aliphatic heterocycles. The van der Waals surface area contributed by atoms with Gasteiger partial charge < -0.3 is 16.2 Å². The Labute approximate surface area is 111 Å². The minimum atomic E-state index is -1.05. The molecule has 0 spiro atoms. The van der Waals surface area contributed by atoms with Gasteiger partial charge in [0.15, 0.2) is 0 Å². The van der Waals surface area contributed by atoms with Crippen molar-refractivity contribution in [2.45, 2.75) is 32.2 Å². The molecule has 1 saturated carbocycles. The Bertz CT molecular complexity index is 513. The normalized spacial score (nSPS) is 22.2. The molecule has 1 amide bonds. The number of anilines is 1. The van der Waals surface area contributed by atoms with Crippen molar-refractivity contribution in [1.82, 2.24) is 0 Å². The quantitative estimate of drug-likeness (QED) is 0.773. The van der Waals surface area contributed by atoms with Gasteiger partial charge in [-0.2, -0.15) is 0 Å². The van der Waals surface area contributed by atoms with Crippen molar-refractivity contribution in [3.8, 4) is 0 Å². The van der Waals surface area contributed by atoms with Crippen LogP contribution in [0, 0.1) is 12.8 Å². The van der Waals surface area contributed by atoms with Crippen molar-refractivity contribution in [3.05, 3.63) is 29.3 Å². The molecule has 1 aromatic carbocycles. The molecule has 2 atom stereocenters. The van der Waals surface area contributed by atoms with E-state index in [1.807, 2.05) is 6.92 Å². The van der Waals surface area contributed by atoms with Crippen LogP contribution in [0.15, 0.2) is 18.2 Å². The predicted molar refractivity (Wildman–Crippen MR) is 72.1 cm³/mol. The number of nitrogens with two attached hydrogens (primary N) is 1. The lowest BCUT2D eigenvalue weighted by atomic mass is 10.0. The first-order chi connectivity index (χ1) is 8.99. The van der Waals surface area contributed by atoms with Crippen molar-refractivity contribution >= 4 is 17.6 Å². The summed E-state index contributed by atoms with van der Waals surface area (Å²) in [5.74, 6) is -1.45. The second kappa shape index (κ2) is 5.40. The van der Waals surface area contributed by atoms with Crippen LogP contribution < -0.4 is 11.1 Å². The summed E-state index contributed by atoms with van der Waals surface area (Å²) in [5.41, 5.74) is 7.17. The molecule has 4 N–H and O–H groups in total. The minimum Gasteiger partial charge on any atom is -0.478 e. The van der Waals surface area contributed by atoms with Gasteiger partial charge in [0.05, 0.1) is 17.2 Å². The van der Waals surface area contributed by atoms with Gasteiger partial charge in [0.1, 0.15) is 0 Å². The smallest absolute Gasteiger partial charge is 0.337 e. The zero-order valence-corrected chi connectivity index (χ0v) is 10.8. The maximum Gasteiger partial charge on any atom is 0.337 e. The van der Waals surface area contributed by atoms with Crippen LogP contribution in [0.1, 0.15) is 35.2 Å². The fraction of sp³-hybridized carbons (Fsp3) is 0.429. The lowest BCUT2D eigenvalue weighted by Gasteiger charge is -2.16. The standard InChI is InChI=1S/C14H18N2O3/c1-8-5-6-12(10(7-8)14(18)19)16-13(17)9-3-2-4-11(9)15/h5-7,9,11H,2-4,15H2,1H3,(H,16,17)(H,18,19). The van der Waals surface area contributed by atoms with E-state index in [0.717, 1.165) is 24.8 Å². The second-order valence-electron chi connectivity index (χ2n) is 5.04. The van der Waals surface area contributed by atoms with E-state index in [2.05, 4.69) is 5.32 Å². The lowest BCUT2D eigenvalue weighted by Crippen LogP contribution is -2.34. The third kappa shape index (κ3) is 2.93. The number of carbonyl (C=O) groups excluding carboxylic acids is 1. The summed E-state index contributed by atoms with van der Waals surface area (Å²) in [7, 11) is 0. The van der Waals surface area contributed by atoms with Gasteiger partial charge in [0.25, 0.3) is 0 Å². The van der Waals surface area contributed by atoms with E-state index in [4.69, 9.17) is 10.8 Å². The third-order valence-electron chi connectivity index (χ3n) is 3.57. The summed E-state index contributed by atoms with van der Waals surface area (Å²) in [4.78, 5) is 23.3. The van der Waals surface area contributed by atoms with E-state index in [9.17, 15) is 9.59 Å². The number of nitrogens with one attached hydrogen (secondary N) is 1. The molecular formula is C14H18N2O3. The van der Waals surface area contributed by atoms with Gasteiger partial charge in [-0.15, -0.1) is 0 Å². The topological polar surface area (TPSA) is 92.4 Å². The number of hydrogen-bond acceptors (Lipinski definition) is 3. The fourth-order valence-electron chi connectivity index (χ4n) is 2.48.